The number of nitrogens with one attached hydrogen (secondary N) is 1. The van der Waals surface area contributed by atoms with Crippen LogP contribution in [0.25, 0.3) is 10.9 Å². The molecule has 0 fully saturated rings. The highest BCUT2D eigenvalue weighted by molar-refractivity contribution is 6.00. The quantitative estimate of drug-likeness (QED) is 0.659. The van der Waals surface area contributed by atoms with E-state index < -0.39 is 11.9 Å². The summed E-state index contributed by atoms with van der Waals surface area (Å²) < 4.78 is 6.98. The predicted octanol–water partition coefficient (Wildman–Crippen LogP) is 3.68. The molecule has 3 aromatic rings. The van der Waals surface area contributed by atoms with Gasteiger partial charge in [0.25, 0.3) is 5.91 Å². The molecule has 0 aliphatic rings. The SMILES string of the molecule is CCc1nc2ccccc2c(C)c1C(=O)OCC(=O)Nc1ccnn1C(C)C. The topological polar surface area (TPSA) is 86.1 Å². The summed E-state index contributed by atoms with van der Waals surface area (Å²) in [5, 5.41) is 7.78. The van der Waals surface area contributed by atoms with Crippen molar-refractivity contribution in [3.8, 4) is 0 Å². The number of aromatic nitrogens is 3. The van der Waals surface area contributed by atoms with E-state index in [-0.39, 0.29) is 12.6 Å². The number of anilines is 1. The summed E-state index contributed by atoms with van der Waals surface area (Å²) in [5.41, 5.74) is 2.75. The fraction of sp³-hybridized carbons (Fsp3) is 0.333. The molecule has 1 N–H and O–H groups in total. The minimum atomic E-state index is -0.542. The van der Waals surface area contributed by atoms with Gasteiger partial charge in [0.1, 0.15) is 5.82 Å². The average Bonchev–Trinajstić information content (AvgIpc) is 3.14. The Bertz CT molecular complexity index is 1020. The van der Waals surface area contributed by atoms with E-state index in [9.17, 15) is 9.59 Å². The molecule has 0 aliphatic carbocycles. The summed E-state index contributed by atoms with van der Waals surface area (Å²) in [6, 6.07) is 9.47. The molecule has 0 bridgehead atoms. The van der Waals surface area contributed by atoms with Gasteiger partial charge in [-0.2, -0.15) is 5.10 Å². The molecule has 2 aromatic heterocycles. The van der Waals surface area contributed by atoms with Gasteiger partial charge in [-0.1, -0.05) is 25.1 Å². The highest BCUT2D eigenvalue weighted by atomic mass is 16.5. The van der Waals surface area contributed by atoms with Crippen molar-refractivity contribution in [2.24, 2.45) is 0 Å². The van der Waals surface area contributed by atoms with Gasteiger partial charge in [0.2, 0.25) is 0 Å². The Labute approximate surface area is 163 Å². The molecule has 2 heterocycles. The van der Waals surface area contributed by atoms with Gasteiger partial charge in [0.05, 0.1) is 23.0 Å². The molecule has 146 valence electrons. The zero-order valence-electron chi connectivity index (χ0n) is 16.5. The molecule has 0 saturated heterocycles. The first-order valence-corrected chi connectivity index (χ1v) is 9.31. The monoisotopic (exact) mass is 380 g/mol. The van der Waals surface area contributed by atoms with Gasteiger partial charge >= 0.3 is 5.97 Å². The predicted molar refractivity (Wildman–Crippen MR) is 107 cm³/mol. The summed E-state index contributed by atoms with van der Waals surface area (Å²) >= 11 is 0. The van der Waals surface area contributed by atoms with E-state index in [0.717, 1.165) is 16.5 Å². The molecule has 0 unspecified atom stereocenters. The standard InChI is InChI=1S/C21H24N4O3/c1-5-16-20(14(4)15-8-6-7-9-17(15)23-16)21(27)28-12-19(26)24-18-10-11-22-25(18)13(2)3/h6-11,13H,5,12H2,1-4H3,(H,24,26). The molecule has 0 spiro atoms. The maximum Gasteiger partial charge on any atom is 0.340 e. The number of nitrogens with zero attached hydrogens (tertiary/aromatic N) is 3. The largest absolute Gasteiger partial charge is 0.452 e. The first kappa shape index (κ1) is 19.5. The molecule has 0 atom stereocenters. The summed E-state index contributed by atoms with van der Waals surface area (Å²) in [5.74, 6) is -0.394. The zero-order valence-corrected chi connectivity index (χ0v) is 16.5. The maximum atomic E-state index is 12.7. The third-order valence-electron chi connectivity index (χ3n) is 4.53. The second-order valence-electron chi connectivity index (χ2n) is 6.81. The molecular weight excluding hydrogens is 356 g/mol. The van der Waals surface area contributed by atoms with Gasteiger partial charge in [-0.15, -0.1) is 0 Å². The minimum absolute atomic E-state index is 0.103. The second-order valence-corrected chi connectivity index (χ2v) is 6.81. The van der Waals surface area contributed by atoms with Crippen LogP contribution in [-0.2, 0) is 16.0 Å². The first-order chi connectivity index (χ1) is 13.4. The number of esters is 1. The van der Waals surface area contributed by atoms with Crippen molar-refractivity contribution >= 4 is 28.6 Å². The molecule has 0 aliphatic heterocycles. The van der Waals surface area contributed by atoms with Crippen LogP contribution in [0, 0.1) is 6.92 Å². The Morgan fingerprint density at radius 1 is 1.21 bits per heavy atom. The van der Waals surface area contributed by atoms with Crippen molar-refractivity contribution in [2.45, 2.75) is 40.2 Å². The lowest BCUT2D eigenvalue weighted by Crippen LogP contribution is -2.24. The Balaban J connectivity index is 1.75. The van der Waals surface area contributed by atoms with E-state index in [1.807, 2.05) is 52.0 Å². The van der Waals surface area contributed by atoms with Crippen molar-refractivity contribution in [1.82, 2.24) is 14.8 Å². The zero-order chi connectivity index (χ0) is 20.3. The van der Waals surface area contributed by atoms with Crippen LogP contribution in [0.1, 0.15) is 48.4 Å². The fourth-order valence-electron chi connectivity index (χ4n) is 3.17. The molecule has 1 aromatic carbocycles. The van der Waals surface area contributed by atoms with Gasteiger partial charge in [0.15, 0.2) is 6.61 Å². The number of ether oxygens (including phenoxy) is 1. The number of hydrogen-bond donors (Lipinski definition) is 1. The van der Waals surface area contributed by atoms with Crippen molar-refractivity contribution in [3.05, 3.63) is 53.3 Å². The average molecular weight is 380 g/mol. The van der Waals surface area contributed by atoms with Crippen LogP contribution in [0.5, 0.6) is 0 Å². The van der Waals surface area contributed by atoms with Gasteiger partial charge in [-0.05, 0) is 38.8 Å². The lowest BCUT2D eigenvalue weighted by molar-refractivity contribution is -0.119. The fourth-order valence-corrected chi connectivity index (χ4v) is 3.17. The van der Waals surface area contributed by atoms with Crippen molar-refractivity contribution < 1.29 is 14.3 Å². The summed E-state index contributed by atoms with van der Waals surface area (Å²) in [4.78, 5) is 29.5. The number of hydrogen-bond acceptors (Lipinski definition) is 5. The van der Waals surface area contributed by atoms with E-state index in [2.05, 4.69) is 15.4 Å². The smallest absolute Gasteiger partial charge is 0.340 e. The van der Waals surface area contributed by atoms with Crippen LogP contribution >= 0.6 is 0 Å². The number of carbonyl (C=O) groups is 2. The summed E-state index contributed by atoms with van der Waals surface area (Å²) in [6.45, 7) is 7.36. The second kappa shape index (κ2) is 8.21. The molecule has 7 nitrogen and oxygen atoms in total. The van der Waals surface area contributed by atoms with Crippen molar-refractivity contribution in [3.63, 3.8) is 0 Å². The molecule has 0 radical (unpaired) electrons. The summed E-state index contributed by atoms with van der Waals surface area (Å²) in [6.07, 6.45) is 2.20. The third-order valence-corrected chi connectivity index (χ3v) is 4.53. The Kier molecular flexibility index (Phi) is 5.73. The van der Waals surface area contributed by atoms with Crippen LogP contribution < -0.4 is 5.32 Å². The van der Waals surface area contributed by atoms with Crippen LogP contribution in [0.2, 0.25) is 0 Å². The number of para-hydroxylation sites is 1. The van der Waals surface area contributed by atoms with E-state index in [1.54, 1.807) is 16.9 Å². The maximum absolute atomic E-state index is 12.7. The number of aryl methyl sites for hydroxylation is 2. The number of fused-ring (bicyclic) bond motifs is 1. The van der Waals surface area contributed by atoms with Crippen molar-refractivity contribution in [2.75, 3.05) is 11.9 Å². The third kappa shape index (κ3) is 3.88. The van der Waals surface area contributed by atoms with Gasteiger partial charge < -0.3 is 10.1 Å². The van der Waals surface area contributed by atoms with Crippen LogP contribution in [-0.4, -0.2) is 33.2 Å². The van der Waals surface area contributed by atoms with Gasteiger partial charge in [-0.3, -0.25) is 9.78 Å². The van der Waals surface area contributed by atoms with E-state index >= 15 is 0 Å². The highest BCUT2D eigenvalue weighted by Gasteiger charge is 2.20. The Morgan fingerprint density at radius 3 is 2.68 bits per heavy atom. The molecule has 3 rings (SSSR count). The number of carbonyl (C=O) groups excluding carboxylic acids is 2. The number of pyridine rings is 1. The summed E-state index contributed by atoms with van der Waals surface area (Å²) in [7, 11) is 0. The lowest BCUT2D eigenvalue weighted by atomic mass is 10.0. The van der Waals surface area contributed by atoms with E-state index in [1.165, 1.54) is 0 Å². The van der Waals surface area contributed by atoms with Crippen molar-refractivity contribution in [1.29, 1.82) is 0 Å². The Morgan fingerprint density at radius 2 is 1.96 bits per heavy atom. The van der Waals surface area contributed by atoms with Crippen LogP contribution in [0.15, 0.2) is 36.5 Å². The Hall–Kier alpha value is -3.22. The number of benzene rings is 1. The van der Waals surface area contributed by atoms with Crippen LogP contribution in [0.3, 0.4) is 0 Å². The normalized spacial score (nSPS) is 11.0. The molecule has 7 heteroatoms. The van der Waals surface area contributed by atoms with E-state index in [0.29, 0.717) is 23.5 Å². The van der Waals surface area contributed by atoms with E-state index in [4.69, 9.17) is 4.74 Å². The number of rotatable bonds is 6. The first-order valence-electron chi connectivity index (χ1n) is 9.31. The highest BCUT2D eigenvalue weighted by Crippen LogP contribution is 2.24. The molecular formula is C21H24N4O3. The molecule has 1 amide bonds. The van der Waals surface area contributed by atoms with Crippen LogP contribution in [0.4, 0.5) is 5.82 Å². The van der Waals surface area contributed by atoms with Gasteiger partial charge in [-0.25, -0.2) is 9.48 Å². The lowest BCUT2D eigenvalue weighted by Gasteiger charge is -2.14. The molecule has 0 saturated carbocycles. The van der Waals surface area contributed by atoms with Gasteiger partial charge in [0, 0.05) is 17.5 Å². The molecule has 28 heavy (non-hydrogen) atoms. The minimum Gasteiger partial charge on any atom is -0.452 e. The number of amides is 1.